The van der Waals surface area contributed by atoms with Crippen LogP contribution in [0.2, 0.25) is 0 Å². The molecule has 9 N–H and O–H groups in total. The molecular weight excluding hydrogens is 486 g/mol. The zero-order chi connectivity index (χ0) is 27.9. The first-order chi connectivity index (χ1) is 17.3. The monoisotopic (exact) mass is 519 g/mol. The molecule has 5 atom stereocenters. The molecule has 13 nitrogen and oxygen atoms in total. The summed E-state index contributed by atoms with van der Waals surface area (Å²) in [4.78, 5) is 64.4. The highest BCUT2D eigenvalue weighted by Crippen LogP contribution is 2.19. The van der Waals surface area contributed by atoms with E-state index in [0.717, 1.165) is 10.9 Å². The lowest BCUT2D eigenvalue weighted by atomic mass is 10.0. The van der Waals surface area contributed by atoms with Crippen molar-refractivity contribution in [3.63, 3.8) is 0 Å². The number of nitrogens with two attached hydrogens (primary N) is 1. The molecule has 13 heteroatoms. The lowest BCUT2D eigenvalue weighted by Gasteiger charge is -2.27. The van der Waals surface area contributed by atoms with E-state index in [-0.39, 0.29) is 6.42 Å². The van der Waals surface area contributed by atoms with Crippen molar-refractivity contribution in [2.75, 3.05) is 0 Å². The highest BCUT2D eigenvalue weighted by molar-refractivity contribution is 5.96. The Labute approximate surface area is 212 Å². The molecule has 0 spiro atoms. The zero-order valence-corrected chi connectivity index (χ0v) is 20.7. The fourth-order valence-electron chi connectivity index (χ4n) is 3.64. The predicted molar refractivity (Wildman–Crippen MR) is 132 cm³/mol. The van der Waals surface area contributed by atoms with Gasteiger partial charge < -0.3 is 42.0 Å². The molecule has 0 radical (unpaired) electrons. The second-order valence-electron chi connectivity index (χ2n) is 9.12. The summed E-state index contributed by atoms with van der Waals surface area (Å²) in [6, 6.07) is 1.63. The number of carboxylic acids is 2. The number of hydrogen-bond donors (Lipinski definition) is 8. The van der Waals surface area contributed by atoms with E-state index in [1.165, 1.54) is 6.92 Å². The number of fused-ring (bicyclic) bond motifs is 1. The van der Waals surface area contributed by atoms with E-state index in [9.17, 15) is 39.3 Å². The maximum Gasteiger partial charge on any atom is 0.326 e. The van der Waals surface area contributed by atoms with Crippen molar-refractivity contribution < 1.29 is 39.3 Å². The van der Waals surface area contributed by atoms with Crippen molar-refractivity contribution in [1.82, 2.24) is 20.9 Å². The summed E-state index contributed by atoms with van der Waals surface area (Å²) in [5.41, 5.74) is 7.01. The number of H-pyrrole nitrogens is 1. The number of para-hydroxylation sites is 1. The van der Waals surface area contributed by atoms with Gasteiger partial charge in [0.1, 0.15) is 24.2 Å². The Bertz CT molecular complexity index is 1150. The first kappa shape index (κ1) is 29.3. The molecule has 37 heavy (non-hydrogen) atoms. The molecule has 0 aliphatic rings. The Hall–Kier alpha value is -3.97. The molecule has 0 saturated carbocycles. The summed E-state index contributed by atoms with van der Waals surface area (Å²) >= 11 is 0. The zero-order valence-electron chi connectivity index (χ0n) is 20.7. The van der Waals surface area contributed by atoms with Gasteiger partial charge in [-0.05, 0) is 24.5 Å². The number of carbonyl (C=O) groups is 5. The van der Waals surface area contributed by atoms with Gasteiger partial charge in [-0.15, -0.1) is 0 Å². The fraction of sp³-hybridized carbons (Fsp3) is 0.458. The molecule has 1 heterocycles. The fourth-order valence-corrected chi connectivity index (χ4v) is 3.64. The quantitative estimate of drug-likeness (QED) is 0.164. The van der Waals surface area contributed by atoms with Crippen molar-refractivity contribution in [3.8, 4) is 0 Å². The standard InChI is InChI=1S/C24H33N5O8/c1-11(2)20(29-22(34)19(25)12(3)30)23(35)27-16(9-18(31)32)21(33)28-17(24(36)37)8-13-10-26-15-7-5-4-6-14(13)15/h4-7,10-12,16-17,19-20,26,30H,8-9,25H2,1-3H3,(H,27,35)(H,28,33)(H,29,34)(H,31,32)(H,36,37). The molecule has 0 aliphatic carbocycles. The minimum atomic E-state index is -1.63. The van der Waals surface area contributed by atoms with Crippen LogP contribution in [0.15, 0.2) is 30.5 Å². The number of aromatic amines is 1. The molecule has 0 saturated heterocycles. The maximum absolute atomic E-state index is 12.9. The highest BCUT2D eigenvalue weighted by Gasteiger charge is 2.33. The summed E-state index contributed by atoms with van der Waals surface area (Å²) in [6.45, 7) is 4.51. The molecule has 0 aliphatic heterocycles. The van der Waals surface area contributed by atoms with Crippen LogP contribution in [0, 0.1) is 5.92 Å². The average Bonchev–Trinajstić information content (AvgIpc) is 3.22. The molecular formula is C24H33N5O8. The molecule has 5 unspecified atom stereocenters. The molecule has 3 amide bonds. The van der Waals surface area contributed by atoms with Gasteiger partial charge in [-0.1, -0.05) is 32.0 Å². The number of amides is 3. The van der Waals surface area contributed by atoms with Gasteiger partial charge in [0.05, 0.1) is 12.5 Å². The highest BCUT2D eigenvalue weighted by atomic mass is 16.4. The number of benzene rings is 1. The number of aliphatic hydroxyl groups is 1. The summed E-state index contributed by atoms with van der Waals surface area (Å²) in [5, 5.41) is 36.2. The number of carbonyl (C=O) groups excluding carboxylic acids is 3. The number of aromatic nitrogens is 1. The Morgan fingerprint density at radius 1 is 0.919 bits per heavy atom. The number of nitrogens with one attached hydrogen (secondary N) is 4. The molecule has 0 bridgehead atoms. The molecule has 1 aromatic carbocycles. The van der Waals surface area contributed by atoms with E-state index < -0.39 is 72.3 Å². The van der Waals surface area contributed by atoms with Crippen LogP contribution in [-0.4, -0.2) is 80.2 Å². The molecule has 1 aromatic heterocycles. The summed E-state index contributed by atoms with van der Waals surface area (Å²) < 4.78 is 0. The van der Waals surface area contributed by atoms with E-state index in [0.29, 0.717) is 5.56 Å². The van der Waals surface area contributed by atoms with Gasteiger partial charge in [-0.25, -0.2) is 4.79 Å². The summed E-state index contributed by atoms with van der Waals surface area (Å²) in [7, 11) is 0. The van der Waals surface area contributed by atoms with Gasteiger partial charge in [0.2, 0.25) is 17.7 Å². The van der Waals surface area contributed by atoms with E-state index >= 15 is 0 Å². The van der Waals surface area contributed by atoms with E-state index in [4.69, 9.17) is 5.73 Å². The Kier molecular flexibility index (Phi) is 10.1. The van der Waals surface area contributed by atoms with Crippen LogP contribution in [0.5, 0.6) is 0 Å². The maximum atomic E-state index is 12.9. The largest absolute Gasteiger partial charge is 0.481 e. The van der Waals surface area contributed by atoms with Gasteiger partial charge in [-0.3, -0.25) is 19.2 Å². The molecule has 2 rings (SSSR count). The Morgan fingerprint density at radius 2 is 1.54 bits per heavy atom. The lowest BCUT2D eigenvalue weighted by molar-refractivity contribution is -0.143. The molecule has 0 fully saturated rings. The minimum absolute atomic E-state index is 0.0965. The van der Waals surface area contributed by atoms with E-state index in [1.807, 2.05) is 12.1 Å². The average molecular weight is 520 g/mol. The number of rotatable bonds is 13. The topological polar surface area (TPSA) is 224 Å². The summed E-state index contributed by atoms with van der Waals surface area (Å²) in [6.07, 6.45) is -0.493. The van der Waals surface area contributed by atoms with Gasteiger partial charge >= 0.3 is 11.9 Å². The normalized spacial score (nSPS) is 15.3. The third-order valence-corrected chi connectivity index (χ3v) is 5.79. The van der Waals surface area contributed by atoms with Crippen molar-refractivity contribution in [1.29, 1.82) is 0 Å². The Morgan fingerprint density at radius 3 is 2.11 bits per heavy atom. The van der Waals surface area contributed by atoms with Crippen LogP contribution in [0.3, 0.4) is 0 Å². The van der Waals surface area contributed by atoms with Crippen molar-refractivity contribution in [2.45, 2.75) is 63.9 Å². The van der Waals surface area contributed by atoms with E-state index in [1.54, 1.807) is 32.2 Å². The van der Waals surface area contributed by atoms with Crippen LogP contribution in [0.25, 0.3) is 10.9 Å². The van der Waals surface area contributed by atoms with Crippen LogP contribution in [0.1, 0.15) is 32.8 Å². The van der Waals surface area contributed by atoms with Gasteiger partial charge in [-0.2, -0.15) is 0 Å². The van der Waals surface area contributed by atoms with Crippen LogP contribution < -0.4 is 21.7 Å². The van der Waals surface area contributed by atoms with Crippen molar-refractivity contribution in [2.24, 2.45) is 11.7 Å². The third-order valence-electron chi connectivity index (χ3n) is 5.79. The number of aliphatic carboxylic acids is 2. The smallest absolute Gasteiger partial charge is 0.326 e. The van der Waals surface area contributed by atoms with Crippen molar-refractivity contribution >= 4 is 40.6 Å². The number of hydrogen-bond acceptors (Lipinski definition) is 7. The Balaban J connectivity index is 2.18. The van der Waals surface area contributed by atoms with Crippen LogP contribution >= 0.6 is 0 Å². The number of aliphatic hydroxyl groups excluding tert-OH is 1. The van der Waals surface area contributed by atoms with E-state index in [2.05, 4.69) is 20.9 Å². The minimum Gasteiger partial charge on any atom is -0.481 e. The first-order valence-corrected chi connectivity index (χ1v) is 11.7. The molecule has 202 valence electrons. The lowest BCUT2D eigenvalue weighted by Crippen LogP contribution is -2.59. The second-order valence-corrected chi connectivity index (χ2v) is 9.12. The van der Waals surface area contributed by atoms with Gasteiger partial charge in [0.25, 0.3) is 0 Å². The van der Waals surface area contributed by atoms with Gasteiger partial charge in [0, 0.05) is 23.5 Å². The second kappa shape index (κ2) is 12.8. The predicted octanol–water partition coefficient (Wildman–Crippen LogP) is -0.912. The van der Waals surface area contributed by atoms with Gasteiger partial charge in [0.15, 0.2) is 0 Å². The SMILES string of the molecule is CC(C)C(NC(=O)C(N)C(C)O)C(=O)NC(CC(=O)O)C(=O)NC(Cc1c[nH]c2ccccc12)C(=O)O. The summed E-state index contributed by atoms with van der Waals surface area (Å²) in [5.74, 6) is -5.95. The van der Waals surface area contributed by atoms with Crippen molar-refractivity contribution in [3.05, 3.63) is 36.0 Å². The molecule has 2 aromatic rings. The number of carboxylic acid groups (broad SMARTS) is 2. The van der Waals surface area contributed by atoms with Crippen LogP contribution in [-0.2, 0) is 30.4 Å². The third kappa shape index (κ3) is 8.02. The van der Waals surface area contributed by atoms with Crippen LogP contribution in [0.4, 0.5) is 0 Å². The first-order valence-electron chi connectivity index (χ1n) is 11.7.